The minimum absolute atomic E-state index is 0.105. The Morgan fingerprint density at radius 2 is 2.11 bits per heavy atom. The number of halogens is 2. The second-order valence-electron chi connectivity index (χ2n) is 4.11. The van der Waals surface area contributed by atoms with Gasteiger partial charge in [-0.2, -0.15) is 0 Å². The van der Waals surface area contributed by atoms with E-state index in [-0.39, 0.29) is 6.04 Å². The first-order valence-corrected chi connectivity index (χ1v) is 7.74. The largest absolute Gasteiger partial charge is 0.452 e. The van der Waals surface area contributed by atoms with E-state index in [1.165, 1.54) is 14.7 Å². The number of hydrogen-bond acceptors (Lipinski definition) is 2. The molecule has 0 amide bonds. The van der Waals surface area contributed by atoms with Crippen LogP contribution in [0.1, 0.15) is 29.9 Å². The van der Waals surface area contributed by atoms with Crippen molar-refractivity contribution in [2.45, 2.75) is 19.9 Å². The Bertz CT molecular complexity index is 538. The van der Waals surface area contributed by atoms with Gasteiger partial charge in [0.1, 0.15) is 5.76 Å². The number of benzene rings is 1. The quantitative estimate of drug-likeness (QED) is 0.729. The van der Waals surface area contributed by atoms with Crippen molar-refractivity contribution in [3.8, 4) is 0 Å². The predicted molar refractivity (Wildman–Crippen MR) is 85.8 cm³/mol. The van der Waals surface area contributed by atoms with E-state index in [2.05, 4.69) is 75.9 Å². The molecule has 18 heavy (non-hydrogen) atoms. The van der Waals surface area contributed by atoms with Gasteiger partial charge in [-0.1, -0.05) is 25.1 Å². The summed E-state index contributed by atoms with van der Waals surface area (Å²) in [7, 11) is 0. The first-order valence-electron chi connectivity index (χ1n) is 5.87. The van der Waals surface area contributed by atoms with Crippen LogP contribution in [-0.2, 0) is 0 Å². The summed E-state index contributed by atoms with van der Waals surface area (Å²) in [5.41, 5.74) is 2.56. The summed E-state index contributed by atoms with van der Waals surface area (Å²) in [6.07, 6.45) is 0. The Hall–Kier alpha value is -0.330. The first kappa shape index (κ1) is 14.1. The van der Waals surface area contributed by atoms with Gasteiger partial charge < -0.3 is 9.73 Å². The number of rotatable bonds is 4. The second kappa shape index (κ2) is 6.21. The van der Waals surface area contributed by atoms with Crippen molar-refractivity contribution in [2.24, 2.45) is 0 Å². The SMILES string of the molecule is CCNC(c1ccc(Br)o1)c1cccc(C)c1I. The van der Waals surface area contributed by atoms with Crippen molar-refractivity contribution < 1.29 is 4.42 Å². The van der Waals surface area contributed by atoms with Crippen LogP contribution in [-0.4, -0.2) is 6.54 Å². The molecule has 0 aliphatic carbocycles. The fraction of sp³-hybridized carbons (Fsp3) is 0.286. The number of furan rings is 1. The lowest BCUT2D eigenvalue weighted by Gasteiger charge is -2.18. The van der Waals surface area contributed by atoms with Crippen molar-refractivity contribution in [2.75, 3.05) is 6.54 Å². The van der Waals surface area contributed by atoms with Crippen LogP contribution < -0.4 is 5.32 Å². The molecule has 1 N–H and O–H groups in total. The fourth-order valence-electron chi connectivity index (χ4n) is 1.94. The molecule has 96 valence electrons. The van der Waals surface area contributed by atoms with Crippen LogP contribution in [0.2, 0.25) is 0 Å². The van der Waals surface area contributed by atoms with Crippen LogP contribution in [0.4, 0.5) is 0 Å². The van der Waals surface area contributed by atoms with Gasteiger partial charge in [0.15, 0.2) is 4.67 Å². The third-order valence-corrected chi connectivity index (χ3v) is 4.72. The third-order valence-electron chi connectivity index (χ3n) is 2.82. The summed E-state index contributed by atoms with van der Waals surface area (Å²) in [6, 6.07) is 10.4. The summed E-state index contributed by atoms with van der Waals surface area (Å²) >= 11 is 5.76. The highest BCUT2D eigenvalue weighted by molar-refractivity contribution is 14.1. The topological polar surface area (TPSA) is 25.2 Å². The molecular weight excluding hydrogens is 405 g/mol. The maximum atomic E-state index is 5.70. The lowest BCUT2D eigenvalue weighted by Crippen LogP contribution is -2.22. The molecule has 0 bridgehead atoms. The molecule has 0 fully saturated rings. The molecule has 2 nitrogen and oxygen atoms in total. The highest BCUT2D eigenvalue weighted by Crippen LogP contribution is 2.30. The third kappa shape index (κ3) is 2.97. The van der Waals surface area contributed by atoms with E-state index in [0.717, 1.165) is 17.0 Å². The zero-order chi connectivity index (χ0) is 13.1. The molecule has 0 saturated carbocycles. The summed E-state index contributed by atoms with van der Waals surface area (Å²) in [6.45, 7) is 5.13. The molecule has 1 unspecified atom stereocenters. The van der Waals surface area contributed by atoms with Gasteiger partial charge in [0.2, 0.25) is 0 Å². The monoisotopic (exact) mass is 419 g/mol. The second-order valence-corrected chi connectivity index (χ2v) is 5.97. The molecule has 0 aliphatic rings. The highest BCUT2D eigenvalue weighted by atomic mass is 127. The van der Waals surface area contributed by atoms with E-state index in [4.69, 9.17) is 4.42 Å². The molecule has 1 aromatic heterocycles. The number of hydrogen-bond donors (Lipinski definition) is 1. The van der Waals surface area contributed by atoms with Gasteiger partial charge in [-0.05, 0) is 75.2 Å². The van der Waals surface area contributed by atoms with Crippen LogP contribution >= 0.6 is 38.5 Å². The molecule has 1 aromatic carbocycles. The van der Waals surface area contributed by atoms with Gasteiger partial charge in [0.25, 0.3) is 0 Å². The lowest BCUT2D eigenvalue weighted by molar-refractivity contribution is 0.437. The Kier molecular flexibility index (Phi) is 4.86. The normalized spacial score (nSPS) is 12.7. The lowest BCUT2D eigenvalue weighted by atomic mass is 10.0. The van der Waals surface area contributed by atoms with Crippen LogP contribution in [0.3, 0.4) is 0 Å². The predicted octanol–water partition coefficient (Wildman–Crippen LogP) is 4.65. The van der Waals surface area contributed by atoms with Crippen LogP contribution in [0.15, 0.2) is 39.4 Å². The molecule has 0 saturated heterocycles. The summed E-state index contributed by atoms with van der Waals surface area (Å²) in [4.78, 5) is 0. The van der Waals surface area contributed by atoms with E-state index < -0.39 is 0 Å². The van der Waals surface area contributed by atoms with Crippen molar-refractivity contribution in [1.82, 2.24) is 5.32 Å². The Labute approximate surface area is 129 Å². The van der Waals surface area contributed by atoms with Crippen molar-refractivity contribution in [3.05, 3.63) is 55.5 Å². The van der Waals surface area contributed by atoms with Crippen molar-refractivity contribution >= 4 is 38.5 Å². The fourth-order valence-corrected chi connectivity index (χ4v) is 2.93. The number of aryl methyl sites for hydroxylation is 1. The van der Waals surface area contributed by atoms with E-state index in [0.29, 0.717) is 0 Å². The Morgan fingerprint density at radius 3 is 2.72 bits per heavy atom. The van der Waals surface area contributed by atoms with Crippen molar-refractivity contribution in [1.29, 1.82) is 0 Å². The maximum Gasteiger partial charge on any atom is 0.169 e. The van der Waals surface area contributed by atoms with Crippen molar-refractivity contribution in [3.63, 3.8) is 0 Å². The summed E-state index contributed by atoms with van der Waals surface area (Å²) in [5, 5.41) is 3.48. The molecule has 1 atom stereocenters. The minimum Gasteiger partial charge on any atom is -0.452 e. The molecule has 4 heteroatoms. The van der Waals surface area contributed by atoms with Gasteiger partial charge in [-0.25, -0.2) is 0 Å². The first-order chi connectivity index (χ1) is 8.63. The zero-order valence-electron chi connectivity index (χ0n) is 10.3. The Balaban J connectivity index is 2.44. The summed E-state index contributed by atoms with van der Waals surface area (Å²) in [5.74, 6) is 0.937. The molecule has 2 rings (SSSR count). The van der Waals surface area contributed by atoms with E-state index in [9.17, 15) is 0 Å². The molecule has 0 aliphatic heterocycles. The number of nitrogens with one attached hydrogen (secondary N) is 1. The minimum atomic E-state index is 0.105. The van der Waals surface area contributed by atoms with E-state index in [1.807, 2.05) is 12.1 Å². The van der Waals surface area contributed by atoms with Gasteiger partial charge in [0, 0.05) is 3.57 Å². The van der Waals surface area contributed by atoms with E-state index >= 15 is 0 Å². The molecule has 2 aromatic rings. The van der Waals surface area contributed by atoms with Crippen LogP contribution in [0.5, 0.6) is 0 Å². The molecular formula is C14H15BrINO. The standard InChI is InChI=1S/C14H15BrINO/c1-3-17-14(11-7-8-12(15)18-11)10-6-4-5-9(2)13(10)16/h4-8,14,17H,3H2,1-2H3. The molecule has 0 spiro atoms. The van der Waals surface area contributed by atoms with Gasteiger partial charge >= 0.3 is 0 Å². The molecule has 0 radical (unpaired) electrons. The summed E-state index contributed by atoms with van der Waals surface area (Å²) < 4.78 is 7.75. The van der Waals surface area contributed by atoms with Gasteiger partial charge in [0.05, 0.1) is 6.04 Å². The highest BCUT2D eigenvalue weighted by Gasteiger charge is 2.19. The van der Waals surface area contributed by atoms with Crippen LogP contribution in [0.25, 0.3) is 0 Å². The smallest absolute Gasteiger partial charge is 0.169 e. The van der Waals surface area contributed by atoms with Gasteiger partial charge in [-0.15, -0.1) is 0 Å². The maximum absolute atomic E-state index is 5.70. The van der Waals surface area contributed by atoms with E-state index in [1.54, 1.807) is 0 Å². The average Bonchev–Trinajstić information content (AvgIpc) is 2.77. The van der Waals surface area contributed by atoms with Crippen LogP contribution in [0, 0.1) is 10.5 Å². The Morgan fingerprint density at radius 1 is 1.33 bits per heavy atom. The molecule has 1 heterocycles. The average molecular weight is 420 g/mol. The van der Waals surface area contributed by atoms with Gasteiger partial charge in [-0.3, -0.25) is 0 Å². The zero-order valence-corrected chi connectivity index (χ0v) is 14.1.